The van der Waals surface area contributed by atoms with Crippen LogP contribution in [0.4, 0.5) is 4.79 Å². The molecule has 0 saturated carbocycles. The Morgan fingerprint density at radius 2 is 1.91 bits per heavy atom. The predicted octanol–water partition coefficient (Wildman–Crippen LogP) is 2.50. The van der Waals surface area contributed by atoms with Gasteiger partial charge >= 0.3 is 6.09 Å². The zero-order chi connectivity index (χ0) is 16.4. The standard InChI is InChI=1S/C16H27NO5/c1-12(18)5-6-13-11-16(20-9-10-21-16)7-8-17(13)14(19)22-15(2,3)4/h13H,5-11H2,1-4H3. The van der Waals surface area contributed by atoms with Crippen molar-refractivity contribution in [3.63, 3.8) is 0 Å². The molecule has 0 aromatic heterocycles. The quantitative estimate of drug-likeness (QED) is 0.801. The number of amides is 1. The fourth-order valence-electron chi connectivity index (χ4n) is 2.99. The van der Waals surface area contributed by atoms with Crippen LogP contribution in [0.2, 0.25) is 0 Å². The summed E-state index contributed by atoms with van der Waals surface area (Å²) in [5.41, 5.74) is -0.530. The van der Waals surface area contributed by atoms with Crippen molar-refractivity contribution in [3.05, 3.63) is 0 Å². The number of carbonyl (C=O) groups is 2. The highest BCUT2D eigenvalue weighted by Crippen LogP contribution is 2.36. The number of ether oxygens (including phenoxy) is 3. The highest BCUT2D eigenvalue weighted by atomic mass is 16.7. The zero-order valence-corrected chi connectivity index (χ0v) is 14.0. The Morgan fingerprint density at radius 3 is 2.45 bits per heavy atom. The van der Waals surface area contributed by atoms with E-state index in [0.717, 1.165) is 0 Å². The van der Waals surface area contributed by atoms with E-state index in [1.165, 1.54) is 0 Å². The molecule has 0 aromatic rings. The maximum Gasteiger partial charge on any atom is 0.410 e. The van der Waals surface area contributed by atoms with Crippen LogP contribution in [0.1, 0.15) is 53.4 Å². The second kappa shape index (κ2) is 6.54. The fourth-order valence-corrected chi connectivity index (χ4v) is 2.99. The Labute approximate surface area is 132 Å². The molecule has 22 heavy (non-hydrogen) atoms. The molecule has 0 aromatic carbocycles. The van der Waals surface area contributed by atoms with E-state index >= 15 is 0 Å². The van der Waals surface area contributed by atoms with E-state index in [9.17, 15) is 9.59 Å². The molecule has 6 heteroatoms. The highest BCUT2D eigenvalue weighted by Gasteiger charge is 2.46. The second-order valence-corrected chi connectivity index (χ2v) is 7.13. The Hall–Kier alpha value is -1.14. The van der Waals surface area contributed by atoms with E-state index in [0.29, 0.717) is 45.4 Å². The number of nitrogens with zero attached hydrogens (tertiary/aromatic N) is 1. The minimum absolute atomic E-state index is 0.0920. The van der Waals surface area contributed by atoms with E-state index in [1.807, 2.05) is 20.8 Å². The van der Waals surface area contributed by atoms with Crippen molar-refractivity contribution in [3.8, 4) is 0 Å². The fraction of sp³-hybridized carbons (Fsp3) is 0.875. The lowest BCUT2D eigenvalue weighted by atomic mass is 9.92. The monoisotopic (exact) mass is 313 g/mol. The summed E-state index contributed by atoms with van der Waals surface area (Å²) in [6, 6.07) is -0.0920. The first kappa shape index (κ1) is 17.2. The molecule has 1 spiro atoms. The molecule has 0 aliphatic carbocycles. The molecule has 0 bridgehead atoms. The summed E-state index contributed by atoms with van der Waals surface area (Å²) in [4.78, 5) is 25.4. The van der Waals surface area contributed by atoms with Gasteiger partial charge in [0.25, 0.3) is 0 Å². The van der Waals surface area contributed by atoms with E-state index in [2.05, 4.69) is 0 Å². The highest BCUT2D eigenvalue weighted by molar-refractivity contribution is 5.75. The van der Waals surface area contributed by atoms with Gasteiger partial charge in [-0.2, -0.15) is 0 Å². The molecule has 1 amide bonds. The van der Waals surface area contributed by atoms with Crippen molar-refractivity contribution < 1.29 is 23.8 Å². The molecule has 2 saturated heterocycles. The van der Waals surface area contributed by atoms with Crippen molar-refractivity contribution in [1.29, 1.82) is 0 Å². The summed E-state index contributed by atoms with van der Waals surface area (Å²) >= 11 is 0. The summed E-state index contributed by atoms with van der Waals surface area (Å²) < 4.78 is 17.0. The maximum atomic E-state index is 12.4. The van der Waals surface area contributed by atoms with Crippen molar-refractivity contribution >= 4 is 11.9 Å². The van der Waals surface area contributed by atoms with Gasteiger partial charge < -0.3 is 23.9 Å². The van der Waals surface area contributed by atoms with Crippen LogP contribution in [-0.4, -0.2) is 54.0 Å². The first-order valence-corrected chi connectivity index (χ1v) is 7.98. The van der Waals surface area contributed by atoms with E-state index < -0.39 is 11.4 Å². The summed E-state index contributed by atoms with van der Waals surface area (Å²) in [5, 5.41) is 0. The minimum atomic E-state index is -0.583. The third kappa shape index (κ3) is 4.43. The zero-order valence-electron chi connectivity index (χ0n) is 14.0. The van der Waals surface area contributed by atoms with Crippen LogP contribution >= 0.6 is 0 Å². The second-order valence-electron chi connectivity index (χ2n) is 7.13. The third-order valence-corrected chi connectivity index (χ3v) is 3.99. The average Bonchev–Trinajstić information content (AvgIpc) is 2.82. The minimum Gasteiger partial charge on any atom is -0.444 e. The number of carbonyl (C=O) groups excluding carboxylic acids is 2. The van der Waals surface area contributed by atoms with Gasteiger partial charge in [0.2, 0.25) is 0 Å². The number of hydrogen-bond acceptors (Lipinski definition) is 5. The lowest BCUT2D eigenvalue weighted by Gasteiger charge is -2.43. The number of hydrogen-bond donors (Lipinski definition) is 0. The van der Waals surface area contributed by atoms with Gasteiger partial charge in [-0.15, -0.1) is 0 Å². The molecule has 2 fully saturated rings. The first-order valence-electron chi connectivity index (χ1n) is 7.98. The molecule has 6 nitrogen and oxygen atoms in total. The van der Waals surface area contributed by atoms with Crippen molar-refractivity contribution in [2.45, 2.75) is 70.8 Å². The molecule has 2 heterocycles. The van der Waals surface area contributed by atoms with Crippen LogP contribution in [-0.2, 0) is 19.0 Å². The average molecular weight is 313 g/mol. The molecule has 2 aliphatic rings. The Morgan fingerprint density at radius 1 is 1.27 bits per heavy atom. The summed E-state index contributed by atoms with van der Waals surface area (Å²) in [5.74, 6) is -0.461. The van der Waals surface area contributed by atoms with Gasteiger partial charge in [-0.3, -0.25) is 0 Å². The number of piperidine rings is 1. The van der Waals surface area contributed by atoms with E-state index in [4.69, 9.17) is 14.2 Å². The summed E-state index contributed by atoms with van der Waals surface area (Å²) in [6.07, 6.45) is 1.97. The SMILES string of the molecule is CC(=O)CCC1CC2(CCN1C(=O)OC(C)(C)C)OCCO2. The van der Waals surface area contributed by atoms with Gasteiger partial charge in [0, 0.05) is 31.8 Å². The smallest absolute Gasteiger partial charge is 0.410 e. The predicted molar refractivity (Wildman–Crippen MR) is 80.5 cm³/mol. The van der Waals surface area contributed by atoms with Crippen molar-refractivity contribution in [1.82, 2.24) is 4.90 Å². The van der Waals surface area contributed by atoms with E-state index in [1.54, 1.807) is 11.8 Å². The third-order valence-electron chi connectivity index (χ3n) is 3.99. The molecule has 126 valence electrons. The number of Topliss-reactive ketones (excluding diaryl/α,β-unsaturated/α-hetero) is 1. The molecule has 2 aliphatic heterocycles. The Kier molecular flexibility index (Phi) is 5.12. The van der Waals surface area contributed by atoms with Gasteiger partial charge in [-0.1, -0.05) is 0 Å². The van der Waals surface area contributed by atoms with Gasteiger partial charge in [0.1, 0.15) is 11.4 Å². The normalized spacial score (nSPS) is 24.5. The molecule has 1 atom stereocenters. The van der Waals surface area contributed by atoms with Gasteiger partial charge in [-0.25, -0.2) is 4.79 Å². The molecule has 1 unspecified atom stereocenters. The van der Waals surface area contributed by atoms with Crippen LogP contribution in [0.15, 0.2) is 0 Å². The topological polar surface area (TPSA) is 65.1 Å². The summed E-state index contributed by atoms with van der Waals surface area (Å²) in [7, 11) is 0. The van der Waals surface area contributed by atoms with Crippen LogP contribution in [0.5, 0.6) is 0 Å². The number of ketones is 1. The van der Waals surface area contributed by atoms with Gasteiger partial charge in [-0.05, 0) is 34.1 Å². The maximum absolute atomic E-state index is 12.4. The molecular weight excluding hydrogens is 286 g/mol. The number of rotatable bonds is 3. The van der Waals surface area contributed by atoms with Gasteiger partial charge in [0.05, 0.1) is 13.2 Å². The van der Waals surface area contributed by atoms with Crippen molar-refractivity contribution in [2.75, 3.05) is 19.8 Å². The first-order chi connectivity index (χ1) is 10.2. The van der Waals surface area contributed by atoms with Crippen LogP contribution in [0.3, 0.4) is 0 Å². The summed E-state index contributed by atoms with van der Waals surface area (Å²) in [6.45, 7) is 8.83. The number of likely N-dealkylation sites (tertiary alicyclic amines) is 1. The van der Waals surface area contributed by atoms with Crippen LogP contribution < -0.4 is 0 Å². The molecule has 2 rings (SSSR count). The van der Waals surface area contributed by atoms with E-state index in [-0.39, 0.29) is 17.9 Å². The molecule has 0 N–H and O–H groups in total. The Balaban J connectivity index is 2.06. The largest absolute Gasteiger partial charge is 0.444 e. The Bertz CT molecular complexity index is 423. The lowest BCUT2D eigenvalue weighted by Crippen LogP contribution is -2.54. The molecule has 0 radical (unpaired) electrons. The van der Waals surface area contributed by atoms with Crippen molar-refractivity contribution in [2.24, 2.45) is 0 Å². The van der Waals surface area contributed by atoms with Crippen LogP contribution in [0.25, 0.3) is 0 Å². The van der Waals surface area contributed by atoms with Crippen LogP contribution in [0, 0.1) is 0 Å². The molecular formula is C16H27NO5. The lowest BCUT2D eigenvalue weighted by molar-refractivity contribution is -0.194. The van der Waals surface area contributed by atoms with Gasteiger partial charge in [0.15, 0.2) is 5.79 Å².